The number of nitrogens with two attached hydrogens (primary N) is 1. The zero-order chi connectivity index (χ0) is 19.7. The molecule has 154 valence electrons. The predicted molar refractivity (Wildman–Crippen MR) is 108 cm³/mol. The van der Waals surface area contributed by atoms with Gasteiger partial charge in [-0.2, -0.15) is 0 Å². The Morgan fingerprint density at radius 2 is 1.46 bits per heavy atom. The number of hydrogen-bond donors (Lipinski definition) is 1. The Labute approximate surface area is 170 Å². The van der Waals surface area contributed by atoms with E-state index in [1.807, 2.05) is 13.8 Å². The number of alkyl halides is 3. The molecular weight excluding hydrogens is 389 g/mol. The molecule has 0 radical (unpaired) electrons. The third-order valence-corrected chi connectivity index (χ3v) is 5.06. The van der Waals surface area contributed by atoms with Crippen LogP contribution in [0, 0.1) is 0 Å². The summed E-state index contributed by atoms with van der Waals surface area (Å²) in [5, 5.41) is 0. The van der Waals surface area contributed by atoms with Gasteiger partial charge in [0.2, 0.25) is 0 Å². The molecule has 1 heterocycles. The zero-order valence-electron chi connectivity index (χ0n) is 16.0. The third kappa shape index (κ3) is 5.79. The van der Waals surface area contributed by atoms with E-state index in [4.69, 9.17) is 5.73 Å². The average molecular weight is 415 g/mol. The maximum absolute atomic E-state index is 12.3. The number of rotatable bonds is 4. The van der Waals surface area contributed by atoms with Crippen molar-refractivity contribution in [3.05, 3.63) is 59.7 Å². The van der Waals surface area contributed by atoms with Crippen LogP contribution in [0.3, 0.4) is 0 Å². The molecule has 7 heteroatoms. The third-order valence-electron chi connectivity index (χ3n) is 5.06. The van der Waals surface area contributed by atoms with E-state index in [1.54, 1.807) is 12.1 Å². The Bertz CT molecular complexity index is 747. The fourth-order valence-electron chi connectivity index (χ4n) is 3.51. The van der Waals surface area contributed by atoms with Crippen LogP contribution in [-0.2, 0) is 5.54 Å². The number of benzene rings is 2. The van der Waals surface area contributed by atoms with E-state index in [2.05, 4.69) is 33.9 Å². The Hall–Kier alpha value is -1.92. The average Bonchev–Trinajstić information content (AvgIpc) is 2.61. The lowest BCUT2D eigenvalue weighted by Gasteiger charge is -2.34. The van der Waals surface area contributed by atoms with Gasteiger partial charge in [-0.3, -0.25) is 0 Å². The highest BCUT2D eigenvalue weighted by molar-refractivity contribution is 5.85. The number of piperidine rings is 1. The second kappa shape index (κ2) is 8.62. The topological polar surface area (TPSA) is 38.5 Å². The molecular formula is C21H26ClF3N2O. The number of ether oxygens (including phenoxy) is 1. The zero-order valence-corrected chi connectivity index (χ0v) is 16.8. The summed E-state index contributed by atoms with van der Waals surface area (Å²) in [5.74, 6) is 0.176. The second-order valence-electron chi connectivity index (χ2n) is 7.65. The standard InChI is InChI=1S/C21H25F3N2O.ClH/c1-20(2,25)17-5-7-18(8-6-17)26-13-11-16(12-14-26)15-3-9-19(10-4-15)27-21(22,23)24;/h3-10,16H,11-14,25H2,1-2H3;1H. The SMILES string of the molecule is CC(C)(N)c1ccc(N2CCC(c3ccc(OC(F)(F)F)cc3)CC2)cc1.Cl. The Balaban J connectivity index is 0.00000280. The van der Waals surface area contributed by atoms with E-state index in [9.17, 15) is 13.2 Å². The van der Waals surface area contributed by atoms with Crippen LogP contribution in [0.1, 0.15) is 43.7 Å². The number of anilines is 1. The van der Waals surface area contributed by atoms with Crippen molar-refractivity contribution in [2.75, 3.05) is 18.0 Å². The van der Waals surface area contributed by atoms with Crippen LogP contribution in [0.15, 0.2) is 48.5 Å². The summed E-state index contributed by atoms with van der Waals surface area (Å²) in [4.78, 5) is 2.34. The highest BCUT2D eigenvalue weighted by atomic mass is 35.5. The first kappa shape index (κ1) is 22.4. The Morgan fingerprint density at radius 1 is 0.929 bits per heavy atom. The fraction of sp³-hybridized carbons (Fsp3) is 0.429. The van der Waals surface area contributed by atoms with Crippen LogP contribution in [0.25, 0.3) is 0 Å². The van der Waals surface area contributed by atoms with E-state index in [0.717, 1.165) is 37.1 Å². The van der Waals surface area contributed by atoms with Crippen molar-refractivity contribution < 1.29 is 17.9 Å². The largest absolute Gasteiger partial charge is 0.573 e. The molecule has 0 saturated carbocycles. The lowest BCUT2D eigenvalue weighted by atomic mass is 9.89. The van der Waals surface area contributed by atoms with Gasteiger partial charge < -0.3 is 15.4 Å². The summed E-state index contributed by atoms with van der Waals surface area (Å²) in [6, 6.07) is 14.6. The highest BCUT2D eigenvalue weighted by Gasteiger charge is 2.31. The van der Waals surface area contributed by atoms with E-state index in [0.29, 0.717) is 5.92 Å². The monoisotopic (exact) mass is 414 g/mol. The quantitative estimate of drug-likeness (QED) is 0.709. The van der Waals surface area contributed by atoms with Crippen molar-refractivity contribution >= 4 is 18.1 Å². The molecule has 0 aliphatic carbocycles. The Kier molecular flexibility index (Phi) is 6.88. The molecule has 3 nitrogen and oxygen atoms in total. The normalized spacial score (nSPS) is 15.9. The van der Waals surface area contributed by atoms with E-state index in [-0.39, 0.29) is 23.7 Å². The summed E-state index contributed by atoms with van der Waals surface area (Å²) >= 11 is 0. The van der Waals surface area contributed by atoms with Crippen LogP contribution >= 0.6 is 12.4 Å². The van der Waals surface area contributed by atoms with Gasteiger partial charge in [-0.15, -0.1) is 25.6 Å². The van der Waals surface area contributed by atoms with Gasteiger partial charge in [0, 0.05) is 24.3 Å². The maximum atomic E-state index is 12.3. The van der Waals surface area contributed by atoms with Gasteiger partial charge in [-0.1, -0.05) is 24.3 Å². The van der Waals surface area contributed by atoms with E-state index < -0.39 is 6.36 Å². The van der Waals surface area contributed by atoms with Gasteiger partial charge >= 0.3 is 6.36 Å². The molecule has 1 fully saturated rings. The van der Waals surface area contributed by atoms with Gasteiger partial charge in [0.15, 0.2) is 0 Å². The van der Waals surface area contributed by atoms with Crippen LogP contribution in [-0.4, -0.2) is 19.5 Å². The van der Waals surface area contributed by atoms with Gasteiger partial charge in [-0.05, 0) is 68.0 Å². The van der Waals surface area contributed by atoms with Crippen LogP contribution < -0.4 is 15.4 Å². The first-order chi connectivity index (χ1) is 12.6. The molecule has 28 heavy (non-hydrogen) atoms. The summed E-state index contributed by atoms with van der Waals surface area (Å²) in [5.41, 5.74) is 9.11. The minimum atomic E-state index is -4.65. The van der Waals surface area contributed by atoms with Crippen LogP contribution in [0.2, 0.25) is 0 Å². The van der Waals surface area contributed by atoms with E-state index in [1.165, 1.54) is 17.8 Å². The lowest BCUT2D eigenvalue weighted by Crippen LogP contribution is -2.33. The van der Waals surface area contributed by atoms with Gasteiger partial charge in [0.05, 0.1) is 0 Å². The summed E-state index contributed by atoms with van der Waals surface area (Å²) < 4.78 is 40.7. The van der Waals surface area contributed by atoms with Crippen LogP contribution in [0.5, 0.6) is 5.75 Å². The number of halogens is 4. The Morgan fingerprint density at radius 3 is 1.93 bits per heavy atom. The van der Waals surface area contributed by atoms with Crippen molar-refractivity contribution in [1.29, 1.82) is 0 Å². The molecule has 0 bridgehead atoms. The van der Waals surface area contributed by atoms with E-state index >= 15 is 0 Å². The van der Waals surface area contributed by atoms with Crippen molar-refractivity contribution in [1.82, 2.24) is 0 Å². The molecule has 0 spiro atoms. The summed E-state index contributed by atoms with van der Waals surface area (Å²) in [6.45, 7) is 5.80. The minimum Gasteiger partial charge on any atom is -0.406 e. The molecule has 1 saturated heterocycles. The lowest BCUT2D eigenvalue weighted by molar-refractivity contribution is -0.274. The molecule has 0 aromatic heterocycles. The second-order valence-corrected chi connectivity index (χ2v) is 7.65. The fourth-order valence-corrected chi connectivity index (χ4v) is 3.51. The van der Waals surface area contributed by atoms with Gasteiger partial charge in [0.25, 0.3) is 0 Å². The molecule has 3 rings (SSSR count). The van der Waals surface area contributed by atoms with Crippen molar-refractivity contribution in [2.24, 2.45) is 5.73 Å². The molecule has 0 unspecified atom stereocenters. The minimum absolute atomic E-state index is 0. The molecule has 2 N–H and O–H groups in total. The molecule has 1 aliphatic rings. The molecule has 1 aliphatic heterocycles. The van der Waals surface area contributed by atoms with Crippen LogP contribution in [0.4, 0.5) is 18.9 Å². The molecule has 2 aromatic carbocycles. The molecule has 0 amide bonds. The van der Waals surface area contributed by atoms with Crippen molar-refractivity contribution in [2.45, 2.75) is 44.5 Å². The number of hydrogen-bond acceptors (Lipinski definition) is 3. The first-order valence-corrected chi connectivity index (χ1v) is 9.12. The first-order valence-electron chi connectivity index (χ1n) is 9.12. The highest BCUT2D eigenvalue weighted by Crippen LogP contribution is 2.32. The predicted octanol–water partition coefficient (Wildman–Crippen LogP) is 5.58. The molecule has 0 atom stereocenters. The van der Waals surface area contributed by atoms with Crippen molar-refractivity contribution in [3.8, 4) is 5.75 Å². The molecule has 2 aromatic rings. The number of nitrogens with zero attached hydrogens (tertiary/aromatic N) is 1. The van der Waals surface area contributed by atoms with Gasteiger partial charge in [-0.25, -0.2) is 0 Å². The van der Waals surface area contributed by atoms with Gasteiger partial charge in [0.1, 0.15) is 5.75 Å². The maximum Gasteiger partial charge on any atom is 0.573 e. The summed E-state index contributed by atoms with van der Waals surface area (Å²) in [6.07, 6.45) is -2.73. The smallest absolute Gasteiger partial charge is 0.406 e. The summed E-state index contributed by atoms with van der Waals surface area (Å²) in [7, 11) is 0. The van der Waals surface area contributed by atoms with Crippen molar-refractivity contribution in [3.63, 3.8) is 0 Å².